The number of ether oxygens (including phenoxy) is 1. The number of unbranched alkanes of at least 4 members (excludes halogenated alkanes) is 2. The number of rotatable bonds is 15. The van der Waals surface area contributed by atoms with Gasteiger partial charge in [0, 0.05) is 42.9 Å². The zero-order chi connectivity index (χ0) is 34.7. The molecule has 3 amide bonds. The van der Waals surface area contributed by atoms with Gasteiger partial charge in [-0.25, -0.2) is 0 Å². The summed E-state index contributed by atoms with van der Waals surface area (Å²) in [6, 6.07) is 20.8. The van der Waals surface area contributed by atoms with E-state index in [0.29, 0.717) is 32.5 Å². The van der Waals surface area contributed by atoms with E-state index in [2.05, 4.69) is 20.1 Å². The van der Waals surface area contributed by atoms with Gasteiger partial charge in [0.25, 0.3) is 5.91 Å². The third-order valence-corrected chi connectivity index (χ3v) is 12.6. The van der Waals surface area contributed by atoms with Crippen molar-refractivity contribution in [3.8, 4) is 5.75 Å². The van der Waals surface area contributed by atoms with Gasteiger partial charge < -0.3 is 24.5 Å². The number of likely N-dealkylation sites (tertiary alicyclic amines) is 1. The maximum Gasteiger partial charge on any atom is 0.251 e. The van der Waals surface area contributed by atoms with Gasteiger partial charge in [-0.2, -0.15) is 0 Å². The average molecular weight is 682 g/mol. The predicted molar refractivity (Wildman–Crippen MR) is 198 cm³/mol. The normalized spacial score (nSPS) is 25.3. The summed E-state index contributed by atoms with van der Waals surface area (Å²) in [6.45, 7) is 13.6. The van der Waals surface area contributed by atoms with E-state index in [1.165, 1.54) is 0 Å². The number of carbonyl (C=O) groups excluding carboxylic acids is 3. The number of thioether (sulfide) groups is 1. The van der Waals surface area contributed by atoms with Crippen molar-refractivity contribution in [1.82, 2.24) is 4.90 Å². The molecule has 0 aliphatic carbocycles. The molecule has 3 aromatic rings. The first-order chi connectivity index (χ1) is 23.8. The Hall–Kier alpha value is -4.08. The van der Waals surface area contributed by atoms with Crippen LogP contribution in [0.15, 0.2) is 92.0 Å². The van der Waals surface area contributed by atoms with Gasteiger partial charge >= 0.3 is 0 Å². The molecule has 3 saturated heterocycles. The molecule has 49 heavy (non-hydrogen) atoms. The highest BCUT2D eigenvalue weighted by molar-refractivity contribution is 8.02. The highest BCUT2D eigenvalue weighted by Crippen LogP contribution is 2.69. The third-order valence-electron chi connectivity index (χ3n) is 10.5. The summed E-state index contributed by atoms with van der Waals surface area (Å²) in [5.74, 6) is -0.827. The first-order valence-electron chi connectivity index (χ1n) is 17.5. The van der Waals surface area contributed by atoms with Crippen LogP contribution in [0.4, 0.5) is 11.4 Å². The molecule has 6 atom stereocenters. The maximum atomic E-state index is 15.1. The van der Waals surface area contributed by atoms with E-state index in [4.69, 9.17) is 4.74 Å². The van der Waals surface area contributed by atoms with E-state index in [0.717, 1.165) is 40.7 Å². The Morgan fingerprint density at radius 3 is 2.31 bits per heavy atom. The zero-order valence-corrected chi connectivity index (χ0v) is 29.3. The average Bonchev–Trinajstić information content (AvgIpc) is 3.71. The van der Waals surface area contributed by atoms with Crippen molar-refractivity contribution in [2.75, 3.05) is 42.6 Å². The van der Waals surface area contributed by atoms with E-state index < -0.39 is 22.6 Å². The number of aliphatic hydroxyl groups excluding tert-OH is 1. The second-order valence-corrected chi connectivity index (χ2v) is 14.9. The number of anilines is 2. The highest BCUT2D eigenvalue weighted by Gasteiger charge is 2.76. The van der Waals surface area contributed by atoms with Crippen molar-refractivity contribution < 1.29 is 24.2 Å². The summed E-state index contributed by atoms with van der Waals surface area (Å²) in [4.78, 5) is 49.9. The molecule has 3 unspecified atom stereocenters. The van der Waals surface area contributed by atoms with Gasteiger partial charge in [0.15, 0.2) is 0 Å². The summed E-state index contributed by atoms with van der Waals surface area (Å²) >= 11 is 1.69. The van der Waals surface area contributed by atoms with Crippen LogP contribution in [-0.2, 0) is 14.4 Å². The topological polar surface area (TPSA) is 90.4 Å². The number of fused-ring (bicyclic) bond motifs is 2. The molecule has 2 bridgehead atoms. The number of hydrogen-bond donors (Lipinski definition) is 1. The van der Waals surface area contributed by atoms with Crippen LogP contribution in [0.25, 0.3) is 10.8 Å². The van der Waals surface area contributed by atoms with E-state index >= 15 is 4.79 Å². The van der Waals surface area contributed by atoms with E-state index in [-0.39, 0.29) is 42.0 Å². The van der Waals surface area contributed by atoms with Gasteiger partial charge in [0.1, 0.15) is 11.8 Å². The number of hydrogen-bond acceptors (Lipinski definition) is 6. The Morgan fingerprint density at radius 1 is 0.959 bits per heavy atom. The summed E-state index contributed by atoms with van der Waals surface area (Å²) < 4.78 is 4.87. The molecule has 9 heteroatoms. The minimum Gasteiger partial charge on any atom is -0.494 e. The van der Waals surface area contributed by atoms with Crippen molar-refractivity contribution in [1.29, 1.82) is 0 Å². The van der Waals surface area contributed by atoms with Crippen LogP contribution >= 0.6 is 11.8 Å². The molecule has 258 valence electrons. The Labute approximate surface area is 293 Å². The van der Waals surface area contributed by atoms with Crippen molar-refractivity contribution in [3.63, 3.8) is 0 Å². The number of aliphatic hydroxyl groups is 1. The second kappa shape index (κ2) is 14.8. The Kier molecular flexibility index (Phi) is 10.5. The fourth-order valence-corrected chi connectivity index (χ4v) is 10.8. The van der Waals surface area contributed by atoms with Crippen LogP contribution in [0.2, 0.25) is 0 Å². The van der Waals surface area contributed by atoms with Crippen LogP contribution < -0.4 is 14.5 Å². The fraction of sp³-hybridized carbons (Fsp3) is 0.425. The quantitative estimate of drug-likeness (QED) is 0.146. The summed E-state index contributed by atoms with van der Waals surface area (Å²) in [6.07, 6.45) is 6.20. The molecule has 0 saturated carbocycles. The molecule has 0 aromatic heterocycles. The van der Waals surface area contributed by atoms with E-state index in [9.17, 15) is 14.7 Å². The number of carbonyl (C=O) groups is 3. The van der Waals surface area contributed by atoms with Crippen LogP contribution in [0, 0.1) is 17.8 Å². The SMILES string of the molecule is C=CCN(C(=O)C1N(CCCCCO)C(=O)[C@@H]2[C@H](C(=O)N(CC=C)c3ccc(OCC)cc3)[C@@H]3CC(C)C12S3)c1ccc2ccccc2c1. The molecule has 3 aliphatic heterocycles. The number of benzene rings is 3. The Morgan fingerprint density at radius 2 is 1.63 bits per heavy atom. The summed E-state index contributed by atoms with van der Waals surface area (Å²) in [5, 5.41) is 11.5. The predicted octanol–water partition coefficient (Wildman–Crippen LogP) is 6.48. The van der Waals surface area contributed by atoms with Gasteiger partial charge in [0.05, 0.1) is 23.2 Å². The first-order valence-corrected chi connectivity index (χ1v) is 18.3. The van der Waals surface area contributed by atoms with Crippen LogP contribution in [0.1, 0.15) is 39.5 Å². The molecule has 3 fully saturated rings. The molecule has 3 aliphatic rings. The van der Waals surface area contributed by atoms with E-state index in [1.54, 1.807) is 38.6 Å². The van der Waals surface area contributed by atoms with Gasteiger partial charge in [-0.3, -0.25) is 14.4 Å². The van der Waals surface area contributed by atoms with Crippen molar-refractivity contribution in [3.05, 3.63) is 92.0 Å². The van der Waals surface area contributed by atoms with Gasteiger partial charge in [0.2, 0.25) is 11.8 Å². The van der Waals surface area contributed by atoms with Gasteiger partial charge in [-0.1, -0.05) is 49.4 Å². The lowest BCUT2D eigenvalue weighted by Gasteiger charge is -2.41. The lowest BCUT2D eigenvalue weighted by atomic mass is 9.65. The lowest BCUT2D eigenvalue weighted by molar-refractivity contribution is -0.139. The van der Waals surface area contributed by atoms with Crippen LogP contribution in [-0.4, -0.2) is 76.6 Å². The minimum atomic E-state index is -0.759. The van der Waals surface area contributed by atoms with Gasteiger partial charge in [-0.05, 0) is 85.7 Å². The summed E-state index contributed by atoms with van der Waals surface area (Å²) in [7, 11) is 0. The number of nitrogens with zero attached hydrogens (tertiary/aromatic N) is 3. The molecule has 6 rings (SSSR count). The Bertz CT molecular complexity index is 1710. The maximum absolute atomic E-state index is 15.1. The Balaban J connectivity index is 1.40. The number of amides is 3. The van der Waals surface area contributed by atoms with Crippen molar-refractivity contribution in [2.45, 2.75) is 55.6 Å². The first kappa shape index (κ1) is 34.8. The molecule has 8 nitrogen and oxygen atoms in total. The summed E-state index contributed by atoms with van der Waals surface area (Å²) in [5.41, 5.74) is 1.47. The fourth-order valence-electron chi connectivity index (χ4n) is 8.36. The molecule has 0 radical (unpaired) electrons. The molecular weight excluding hydrogens is 635 g/mol. The monoisotopic (exact) mass is 681 g/mol. The molecular formula is C40H47N3O5S. The highest BCUT2D eigenvalue weighted by atomic mass is 32.2. The largest absolute Gasteiger partial charge is 0.494 e. The smallest absolute Gasteiger partial charge is 0.251 e. The van der Waals surface area contributed by atoms with Crippen molar-refractivity contribution >= 4 is 51.6 Å². The lowest BCUT2D eigenvalue weighted by Crippen LogP contribution is -2.57. The molecule has 1 N–H and O–H groups in total. The van der Waals surface area contributed by atoms with Crippen LogP contribution in [0.3, 0.4) is 0 Å². The van der Waals surface area contributed by atoms with Crippen LogP contribution in [0.5, 0.6) is 5.75 Å². The van der Waals surface area contributed by atoms with E-state index in [1.807, 2.05) is 73.7 Å². The second-order valence-electron chi connectivity index (χ2n) is 13.3. The van der Waals surface area contributed by atoms with Gasteiger partial charge in [-0.15, -0.1) is 24.9 Å². The molecule has 1 spiro atoms. The minimum absolute atomic E-state index is 0.0393. The third kappa shape index (κ3) is 6.16. The zero-order valence-electron chi connectivity index (χ0n) is 28.5. The molecule has 3 heterocycles. The van der Waals surface area contributed by atoms with Crippen molar-refractivity contribution in [2.24, 2.45) is 17.8 Å². The standard InChI is InChI=1S/C40H47N3O5S/c1-5-21-41(30-17-19-32(20-18-30)48-7-3)37(45)34-33-25-27(4)40(49-33)35(34)38(46)43(23-11-8-12-24-44)36(40)39(47)42(22-6-2)31-16-15-28-13-9-10-14-29(28)26-31/h5-6,9-10,13-20,26-27,33-36,44H,1-2,7-8,11-12,21-25H2,3-4H3/t27?,33-,34+,35-,36?,40?/m0/s1. The molecule has 3 aromatic carbocycles.